The van der Waals surface area contributed by atoms with Crippen LogP contribution in [-0.2, 0) is 11.3 Å². The van der Waals surface area contributed by atoms with Crippen LogP contribution < -0.4 is 16.0 Å². The number of carbonyl (C=O) groups excluding carboxylic acids is 2. The Morgan fingerprint density at radius 3 is 2.50 bits per heavy atom. The molecular weight excluding hydrogens is 348 g/mol. The SMILES string of the molecule is O=C(Cn1nc(C(=O)[O-])c2ccccc2c1=O)Nc1cc(F)ccc1F. The first-order chi connectivity index (χ1) is 12.4. The molecule has 0 spiro atoms. The first kappa shape index (κ1) is 17.2. The van der Waals surface area contributed by atoms with Gasteiger partial charge in [0.25, 0.3) is 5.56 Å². The molecule has 1 heterocycles. The van der Waals surface area contributed by atoms with Gasteiger partial charge < -0.3 is 15.2 Å². The molecule has 0 atom stereocenters. The fourth-order valence-electron chi connectivity index (χ4n) is 2.41. The van der Waals surface area contributed by atoms with E-state index in [2.05, 4.69) is 10.4 Å². The zero-order valence-corrected chi connectivity index (χ0v) is 13.0. The fraction of sp³-hybridized carbons (Fsp3) is 0.0588. The van der Waals surface area contributed by atoms with Crippen molar-refractivity contribution in [3.05, 3.63) is 70.1 Å². The third kappa shape index (κ3) is 3.27. The van der Waals surface area contributed by atoms with Crippen LogP contribution in [0.1, 0.15) is 10.5 Å². The Balaban J connectivity index is 1.97. The van der Waals surface area contributed by atoms with E-state index in [0.717, 1.165) is 18.2 Å². The molecule has 1 N–H and O–H groups in total. The predicted molar refractivity (Wildman–Crippen MR) is 85.3 cm³/mol. The summed E-state index contributed by atoms with van der Waals surface area (Å²) in [5.74, 6) is -4.13. The van der Waals surface area contributed by atoms with Crippen molar-refractivity contribution in [2.24, 2.45) is 0 Å². The van der Waals surface area contributed by atoms with Gasteiger partial charge in [0.05, 0.1) is 17.0 Å². The van der Waals surface area contributed by atoms with Crippen LogP contribution in [0.4, 0.5) is 14.5 Å². The average molecular weight is 358 g/mol. The lowest BCUT2D eigenvalue weighted by Gasteiger charge is -2.12. The van der Waals surface area contributed by atoms with Gasteiger partial charge in [0, 0.05) is 11.5 Å². The molecule has 9 heteroatoms. The quantitative estimate of drug-likeness (QED) is 0.738. The molecule has 26 heavy (non-hydrogen) atoms. The van der Waals surface area contributed by atoms with Crippen LogP contribution in [-0.4, -0.2) is 21.7 Å². The van der Waals surface area contributed by atoms with E-state index >= 15 is 0 Å². The van der Waals surface area contributed by atoms with Crippen LogP contribution >= 0.6 is 0 Å². The number of nitrogens with one attached hydrogen (secondary N) is 1. The molecule has 7 nitrogen and oxygen atoms in total. The Kier molecular flexibility index (Phi) is 4.44. The highest BCUT2D eigenvalue weighted by Crippen LogP contribution is 2.15. The van der Waals surface area contributed by atoms with Crippen molar-refractivity contribution in [2.45, 2.75) is 6.54 Å². The highest BCUT2D eigenvalue weighted by atomic mass is 19.1. The fourth-order valence-corrected chi connectivity index (χ4v) is 2.41. The number of nitrogens with zero attached hydrogens (tertiary/aromatic N) is 2. The molecule has 0 saturated heterocycles. The minimum absolute atomic E-state index is 0.0337. The number of benzene rings is 2. The van der Waals surface area contributed by atoms with Gasteiger partial charge in [-0.25, -0.2) is 13.5 Å². The minimum atomic E-state index is -1.62. The topological polar surface area (TPSA) is 104 Å². The molecule has 1 amide bonds. The third-order valence-electron chi connectivity index (χ3n) is 3.56. The van der Waals surface area contributed by atoms with Crippen molar-refractivity contribution >= 4 is 28.3 Å². The van der Waals surface area contributed by atoms with Gasteiger partial charge in [-0.3, -0.25) is 9.59 Å². The second kappa shape index (κ2) is 6.71. The lowest BCUT2D eigenvalue weighted by molar-refractivity contribution is -0.255. The van der Waals surface area contributed by atoms with Gasteiger partial charge in [-0.1, -0.05) is 18.2 Å². The van der Waals surface area contributed by atoms with E-state index in [9.17, 15) is 28.3 Å². The molecule has 0 saturated carbocycles. The summed E-state index contributed by atoms with van der Waals surface area (Å²) in [5.41, 5.74) is -1.63. The molecule has 0 bridgehead atoms. The van der Waals surface area contributed by atoms with E-state index in [1.807, 2.05) is 0 Å². The van der Waals surface area contributed by atoms with Gasteiger partial charge in [0.15, 0.2) is 0 Å². The maximum Gasteiger partial charge on any atom is 0.275 e. The molecule has 0 aliphatic carbocycles. The van der Waals surface area contributed by atoms with Crippen LogP contribution in [0.3, 0.4) is 0 Å². The van der Waals surface area contributed by atoms with E-state index in [1.54, 1.807) is 0 Å². The Bertz CT molecular complexity index is 1100. The zero-order chi connectivity index (χ0) is 18.8. The number of amides is 1. The van der Waals surface area contributed by atoms with E-state index in [-0.39, 0.29) is 10.8 Å². The number of hydrogen-bond donors (Lipinski definition) is 1. The number of aromatic nitrogens is 2. The Hall–Kier alpha value is -3.62. The largest absolute Gasteiger partial charge is 0.543 e. The van der Waals surface area contributed by atoms with Gasteiger partial charge in [-0.2, -0.15) is 5.10 Å². The summed E-state index contributed by atoms with van der Waals surface area (Å²) in [4.78, 5) is 35.7. The van der Waals surface area contributed by atoms with Gasteiger partial charge >= 0.3 is 0 Å². The molecule has 0 unspecified atom stereocenters. The molecule has 3 rings (SSSR count). The molecule has 0 radical (unpaired) electrons. The highest BCUT2D eigenvalue weighted by molar-refractivity contribution is 6.00. The second-order valence-corrected chi connectivity index (χ2v) is 5.32. The van der Waals surface area contributed by atoms with Crippen molar-refractivity contribution in [3.63, 3.8) is 0 Å². The van der Waals surface area contributed by atoms with Gasteiger partial charge in [0.1, 0.15) is 23.9 Å². The number of fused-ring (bicyclic) bond motifs is 1. The Morgan fingerprint density at radius 1 is 1.12 bits per heavy atom. The van der Waals surface area contributed by atoms with Crippen LogP contribution in [0.25, 0.3) is 10.8 Å². The number of hydrogen-bond acceptors (Lipinski definition) is 5. The summed E-state index contributed by atoms with van der Waals surface area (Å²) in [6.45, 7) is -0.695. The summed E-state index contributed by atoms with van der Waals surface area (Å²) < 4.78 is 27.3. The number of aromatic carboxylic acids is 1. The average Bonchev–Trinajstić information content (AvgIpc) is 2.60. The zero-order valence-electron chi connectivity index (χ0n) is 13.0. The third-order valence-corrected chi connectivity index (χ3v) is 3.56. The molecule has 2 aromatic carbocycles. The molecule has 3 aromatic rings. The standard InChI is InChI=1S/C17H11F2N3O4/c18-9-5-6-12(19)13(7-9)20-14(23)8-22-16(24)11-4-2-1-3-10(11)15(21-22)17(25)26/h1-7H,8H2,(H,20,23)(H,25,26)/p-1. The number of rotatable bonds is 4. The second-order valence-electron chi connectivity index (χ2n) is 5.32. The summed E-state index contributed by atoms with van der Waals surface area (Å²) >= 11 is 0. The van der Waals surface area contributed by atoms with Crippen LogP contribution in [0, 0.1) is 11.6 Å². The summed E-state index contributed by atoms with van der Waals surface area (Å²) in [6, 6.07) is 8.31. The maximum atomic E-state index is 13.6. The van der Waals surface area contributed by atoms with Gasteiger partial charge in [-0.05, 0) is 18.2 Å². The van der Waals surface area contributed by atoms with Gasteiger partial charge in [-0.15, -0.1) is 0 Å². The van der Waals surface area contributed by atoms with Crippen molar-refractivity contribution < 1.29 is 23.5 Å². The van der Waals surface area contributed by atoms with E-state index < -0.39 is 47.0 Å². The Labute approximate surface area is 144 Å². The smallest absolute Gasteiger partial charge is 0.275 e. The van der Waals surface area contributed by atoms with Crippen molar-refractivity contribution in [2.75, 3.05) is 5.32 Å². The highest BCUT2D eigenvalue weighted by Gasteiger charge is 2.14. The monoisotopic (exact) mass is 358 g/mol. The lowest BCUT2D eigenvalue weighted by atomic mass is 10.1. The predicted octanol–water partition coefficient (Wildman–Crippen LogP) is 0.677. The summed E-state index contributed by atoms with van der Waals surface area (Å²) in [5, 5.41) is 17.1. The normalized spacial score (nSPS) is 10.7. The molecule has 0 aliphatic rings. The van der Waals surface area contributed by atoms with Gasteiger partial charge in [0.2, 0.25) is 5.91 Å². The first-order valence-electron chi connectivity index (χ1n) is 7.33. The minimum Gasteiger partial charge on any atom is -0.543 e. The van der Waals surface area contributed by atoms with Crippen molar-refractivity contribution in [1.29, 1.82) is 0 Å². The number of halogens is 2. The molecule has 132 valence electrons. The Morgan fingerprint density at radius 2 is 1.81 bits per heavy atom. The number of anilines is 1. The summed E-state index contributed by atoms with van der Waals surface area (Å²) in [7, 11) is 0. The number of carboxylic acids is 1. The summed E-state index contributed by atoms with van der Waals surface area (Å²) in [6.07, 6.45) is 0. The van der Waals surface area contributed by atoms with Crippen LogP contribution in [0.2, 0.25) is 0 Å². The van der Waals surface area contributed by atoms with Crippen molar-refractivity contribution in [3.8, 4) is 0 Å². The maximum absolute atomic E-state index is 13.6. The van der Waals surface area contributed by atoms with Crippen molar-refractivity contribution in [1.82, 2.24) is 9.78 Å². The van der Waals surface area contributed by atoms with E-state index in [1.165, 1.54) is 24.3 Å². The molecular formula is C17H10F2N3O4-. The number of carboxylic acid groups (broad SMARTS) is 1. The molecule has 0 fully saturated rings. The first-order valence-corrected chi connectivity index (χ1v) is 7.33. The van der Waals surface area contributed by atoms with E-state index in [0.29, 0.717) is 4.68 Å². The molecule has 1 aromatic heterocycles. The lowest BCUT2D eigenvalue weighted by Crippen LogP contribution is -2.34. The number of carbonyl (C=O) groups is 2. The van der Waals surface area contributed by atoms with Crippen LogP contribution in [0.5, 0.6) is 0 Å². The van der Waals surface area contributed by atoms with E-state index in [4.69, 9.17) is 0 Å². The van der Waals surface area contributed by atoms with Crippen LogP contribution in [0.15, 0.2) is 47.3 Å². The molecule has 0 aliphatic heterocycles.